The third-order valence-electron chi connectivity index (χ3n) is 11.9. The van der Waals surface area contributed by atoms with Gasteiger partial charge in [-0.3, -0.25) is 9.59 Å². The Balaban J connectivity index is 0.928. The molecule has 13 nitrogen and oxygen atoms in total. The first-order chi connectivity index (χ1) is 33.6. The number of nitriles is 1. The topological polar surface area (TPSA) is 156 Å². The highest BCUT2D eigenvalue weighted by atomic mass is 35.5. The number of nitrogens with zero attached hydrogens (tertiary/aromatic N) is 3. The van der Waals surface area contributed by atoms with E-state index in [9.17, 15) is 23.6 Å². The van der Waals surface area contributed by atoms with Gasteiger partial charge >= 0.3 is 0 Å². The van der Waals surface area contributed by atoms with Crippen LogP contribution in [0.15, 0.2) is 72.1 Å². The average molecular weight is 1030 g/mol. The van der Waals surface area contributed by atoms with Crippen LogP contribution in [-0.2, 0) is 24.4 Å². The van der Waals surface area contributed by atoms with Gasteiger partial charge in [-0.25, -0.2) is 18.2 Å². The molecule has 0 unspecified atom stereocenters. The van der Waals surface area contributed by atoms with E-state index in [0.29, 0.717) is 37.6 Å². The lowest BCUT2D eigenvalue weighted by atomic mass is 9.62. The molecule has 4 atom stereocenters. The first-order valence-electron chi connectivity index (χ1n) is 22.4. The summed E-state index contributed by atoms with van der Waals surface area (Å²) < 4.78 is 89.1. The van der Waals surface area contributed by atoms with Crippen LogP contribution < -0.4 is 30.3 Å². The number of methoxy groups -OCH3 is 1. The summed E-state index contributed by atoms with van der Waals surface area (Å²) in [5.74, 6) is -6.38. The molecule has 2 aliphatic heterocycles. The second kappa shape index (κ2) is 23.1. The van der Waals surface area contributed by atoms with Gasteiger partial charge in [0.25, 0.3) is 5.91 Å². The minimum atomic E-state index is -1.83. The minimum Gasteiger partial charge on any atom is -0.495 e. The highest BCUT2D eigenvalue weighted by Crippen LogP contribution is 2.53. The van der Waals surface area contributed by atoms with Gasteiger partial charge in [0.05, 0.1) is 75.3 Å². The summed E-state index contributed by atoms with van der Waals surface area (Å²) in [7, 11) is 1.36. The van der Waals surface area contributed by atoms with Crippen LogP contribution in [0.2, 0.25) is 10.0 Å². The van der Waals surface area contributed by atoms with Crippen molar-refractivity contribution in [3.8, 4) is 28.8 Å². The Hall–Kier alpha value is -5.52. The lowest BCUT2D eigenvalue weighted by Gasteiger charge is -2.37. The van der Waals surface area contributed by atoms with Gasteiger partial charge in [0.15, 0.2) is 16.7 Å². The van der Waals surface area contributed by atoms with Gasteiger partial charge in [-0.05, 0) is 65.9 Å². The third kappa shape index (κ3) is 11.8. The monoisotopic (exact) mass is 1030 g/mol. The minimum absolute atomic E-state index is 0.0589. The van der Waals surface area contributed by atoms with E-state index in [4.69, 9.17) is 46.9 Å². The number of benzene rings is 4. The highest BCUT2D eigenvalue weighted by molar-refractivity contribution is 7.14. The number of ether oxygens (including phenoxy) is 5. The van der Waals surface area contributed by atoms with E-state index in [1.807, 2.05) is 20.8 Å². The van der Waals surface area contributed by atoms with Crippen LogP contribution >= 0.6 is 34.5 Å². The summed E-state index contributed by atoms with van der Waals surface area (Å²) in [5, 5.41) is 22.4. The first kappa shape index (κ1) is 52.3. The van der Waals surface area contributed by atoms with E-state index >= 15 is 8.78 Å². The molecule has 3 heterocycles. The number of aromatic nitrogens is 1. The van der Waals surface area contributed by atoms with Gasteiger partial charge < -0.3 is 44.5 Å². The van der Waals surface area contributed by atoms with Crippen molar-refractivity contribution in [3.63, 3.8) is 0 Å². The van der Waals surface area contributed by atoms with E-state index in [1.54, 1.807) is 5.38 Å². The van der Waals surface area contributed by atoms with E-state index in [2.05, 4.69) is 31.9 Å². The van der Waals surface area contributed by atoms with Crippen LogP contribution in [0.1, 0.15) is 54.6 Å². The first-order valence-corrected chi connectivity index (χ1v) is 24.1. The lowest BCUT2D eigenvalue weighted by Crippen LogP contribution is -2.45. The summed E-state index contributed by atoms with van der Waals surface area (Å²) in [4.78, 5) is 34.4. The molecule has 2 saturated heterocycles. The number of halogens is 6. The maximum atomic E-state index is 16.1. The van der Waals surface area contributed by atoms with Crippen LogP contribution in [0.25, 0.3) is 11.3 Å². The summed E-state index contributed by atoms with van der Waals surface area (Å²) in [6, 6.07) is 15.2. The molecular weight excluding hydrogens is 976 g/mol. The Kier molecular flexibility index (Phi) is 17.3. The number of carbonyl (C=O) groups excluding carboxylic acids is 2. The quantitative estimate of drug-likeness (QED) is 0.0535. The molecule has 0 bridgehead atoms. The number of amides is 2. The number of carbonyl (C=O) groups is 2. The molecule has 70 heavy (non-hydrogen) atoms. The molecular formula is C50H52Cl2F4N6O7S. The number of hydrogen-bond donors (Lipinski definition) is 3. The van der Waals surface area contributed by atoms with Crippen molar-refractivity contribution in [1.82, 2.24) is 15.6 Å². The third-order valence-corrected chi connectivity index (χ3v) is 13.4. The normalized spacial score (nSPS) is 19.2. The molecule has 0 saturated carbocycles. The molecule has 2 aliphatic rings. The largest absolute Gasteiger partial charge is 0.495 e. The van der Waals surface area contributed by atoms with Crippen molar-refractivity contribution < 1.29 is 50.8 Å². The van der Waals surface area contributed by atoms with Crippen LogP contribution in [0, 0.1) is 40.0 Å². The number of rotatable bonds is 19. The van der Waals surface area contributed by atoms with Gasteiger partial charge in [0.1, 0.15) is 29.4 Å². The van der Waals surface area contributed by atoms with Crippen LogP contribution in [0.5, 0.6) is 11.5 Å². The summed E-state index contributed by atoms with van der Waals surface area (Å²) in [6.07, 6.45) is 0.280. The SMILES string of the molecule is COc1cc(C(=O)NCCOCCOCCOc2c(-c3csc(N4CCOCC4)n3)ccc(F)c2F)ccc1NC(=O)[C@@H]1N[C@@H](CC(C)(C)C)[C@](C#N)(c2ccc(Cl)cc2F)[C@H]1c1cccc(Cl)c1F. The Morgan fingerprint density at radius 1 is 0.957 bits per heavy atom. The van der Waals surface area contributed by atoms with Crippen LogP contribution in [0.4, 0.5) is 28.4 Å². The molecule has 0 radical (unpaired) electrons. The molecule has 372 valence electrons. The molecule has 5 aromatic rings. The van der Waals surface area contributed by atoms with Gasteiger partial charge in [0.2, 0.25) is 11.7 Å². The summed E-state index contributed by atoms with van der Waals surface area (Å²) >= 11 is 13.8. The fourth-order valence-corrected chi connectivity index (χ4v) is 9.95. The average Bonchev–Trinajstić information content (AvgIpc) is 3.95. The predicted molar refractivity (Wildman–Crippen MR) is 259 cm³/mol. The standard InChI is InChI=1S/C50H52Cl2F4N6O7S/c1-49(2,3)26-40-50(28-57,33-11-9-30(51)25-36(33)54)41(32-6-5-7-34(52)42(32)55)44(61-40)47(64)59-37-13-8-29(24-39(37)65-4)46(63)58-14-17-66-20-21-68-22-23-69-45-31(10-12-35(53)43(45)56)38-27-70-48(60-38)62-15-18-67-19-16-62/h5-13,24-25,27,40-41,44,61H,14-23,26H2,1-4H3,(H,58,63)(H,59,64)/t40-,41-,44+,50-/m0/s1. The maximum Gasteiger partial charge on any atom is 0.251 e. The van der Waals surface area contributed by atoms with Gasteiger partial charge in [-0.15, -0.1) is 11.3 Å². The molecule has 1 aromatic heterocycles. The summed E-state index contributed by atoms with van der Waals surface area (Å²) in [6.45, 7) is 8.94. The van der Waals surface area contributed by atoms with Gasteiger partial charge in [-0.2, -0.15) is 9.65 Å². The highest BCUT2D eigenvalue weighted by Gasteiger charge is 2.61. The van der Waals surface area contributed by atoms with Crippen LogP contribution in [0.3, 0.4) is 0 Å². The Bertz CT molecular complexity index is 2720. The van der Waals surface area contributed by atoms with Crippen molar-refractivity contribution in [2.75, 3.05) is 83.2 Å². The van der Waals surface area contributed by atoms with E-state index < -0.39 is 63.9 Å². The van der Waals surface area contributed by atoms with E-state index in [1.165, 1.54) is 73.0 Å². The fraction of sp³-hybridized carbons (Fsp3) is 0.400. The van der Waals surface area contributed by atoms with Crippen molar-refractivity contribution in [1.29, 1.82) is 5.26 Å². The molecule has 20 heteroatoms. The van der Waals surface area contributed by atoms with Gasteiger partial charge in [-0.1, -0.05) is 62.2 Å². The summed E-state index contributed by atoms with van der Waals surface area (Å²) in [5.41, 5.74) is -1.23. The van der Waals surface area contributed by atoms with Crippen LogP contribution in [-0.4, -0.2) is 102 Å². The number of morpholine rings is 1. The van der Waals surface area contributed by atoms with E-state index in [0.717, 1.165) is 17.3 Å². The fourth-order valence-electron chi connectivity index (χ4n) is 8.73. The zero-order valence-electron chi connectivity index (χ0n) is 38.8. The number of thiazole rings is 1. The van der Waals surface area contributed by atoms with Crippen molar-refractivity contribution in [2.45, 2.75) is 50.6 Å². The Morgan fingerprint density at radius 3 is 2.41 bits per heavy atom. The van der Waals surface area contributed by atoms with E-state index in [-0.39, 0.29) is 89.9 Å². The second-order valence-corrected chi connectivity index (χ2v) is 19.5. The smallest absolute Gasteiger partial charge is 0.251 e. The Labute approximate surface area is 417 Å². The number of anilines is 2. The molecule has 3 N–H and O–H groups in total. The number of nitrogens with one attached hydrogen (secondary N) is 3. The lowest BCUT2D eigenvalue weighted by molar-refractivity contribution is -0.118. The van der Waals surface area contributed by atoms with Crippen molar-refractivity contribution >= 4 is 57.2 Å². The predicted octanol–water partition coefficient (Wildman–Crippen LogP) is 9.32. The molecule has 2 amide bonds. The van der Waals surface area contributed by atoms with Crippen molar-refractivity contribution in [2.24, 2.45) is 5.41 Å². The van der Waals surface area contributed by atoms with Gasteiger partial charge in [0, 0.05) is 58.7 Å². The zero-order valence-corrected chi connectivity index (χ0v) is 41.1. The maximum absolute atomic E-state index is 16.1. The molecule has 2 fully saturated rings. The zero-order chi connectivity index (χ0) is 50.2. The molecule has 4 aromatic carbocycles. The molecule has 0 spiro atoms. The second-order valence-electron chi connectivity index (χ2n) is 17.8. The Morgan fingerprint density at radius 2 is 1.70 bits per heavy atom. The van der Waals surface area contributed by atoms with Crippen molar-refractivity contribution in [3.05, 3.63) is 122 Å². The molecule has 0 aliphatic carbocycles. The molecule has 7 rings (SSSR count). The number of hydrogen-bond acceptors (Lipinski definition) is 12.